The van der Waals surface area contributed by atoms with E-state index in [9.17, 15) is 28.8 Å². The quantitative estimate of drug-likeness (QED) is 0.101. The van der Waals surface area contributed by atoms with Crippen molar-refractivity contribution in [2.24, 2.45) is 0 Å². The van der Waals surface area contributed by atoms with Gasteiger partial charge in [0.05, 0.1) is 58.1 Å². The first-order valence-corrected chi connectivity index (χ1v) is 22.3. The highest BCUT2D eigenvalue weighted by Gasteiger charge is 2.54. The number of aromatic nitrogens is 4. The lowest BCUT2D eigenvalue weighted by molar-refractivity contribution is -0.136. The molecule has 1 saturated carbocycles. The zero-order valence-corrected chi connectivity index (χ0v) is 36.4. The van der Waals surface area contributed by atoms with Crippen molar-refractivity contribution < 1.29 is 33.5 Å². The number of benzene rings is 3. The average Bonchev–Trinajstić information content (AvgIpc) is 3.94. The number of carbonyl (C=O) groups is 6. The van der Waals surface area contributed by atoms with Gasteiger partial charge >= 0.3 is 0 Å². The smallest absolute Gasteiger partial charge is 0.266 e. The number of ether oxygens (including phenoxy) is 1. The Morgan fingerprint density at radius 1 is 0.939 bits per heavy atom. The second-order valence-electron chi connectivity index (χ2n) is 17.3. The summed E-state index contributed by atoms with van der Waals surface area (Å²) in [6.07, 6.45) is 6.97. The number of likely N-dealkylation sites (tertiary alicyclic amines) is 1. The number of carbonyl (C=O) groups excluding carboxylic acids is 6. The minimum absolute atomic E-state index is 0.0374. The zero-order chi connectivity index (χ0) is 46.0. The summed E-state index contributed by atoms with van der Waals surface area (Å²) >= 11 is 0. The minimum Gasteiger partial charge on any atom is -0.493 e. The first-order chi connectivity index (χ1) is 32.0. The van der Waals surface area contributed by atoms with Crippen molar-refractivity contribution in [3.8, 4) is 28.6 Å². The lowest BCUT2D eigenvalue weighted by atomic mass is 9.95. The highest BCUT2D eigenvalue weighted by Crippen LogP contribution is 2.48. The number of aryl methyl sites for hydroxylation is 1. The second-order valence-corrected chi connectivity index (χ2v) is 17.3. The van der Waals surface area contributed by atoms with Crippen LogP contribution in [0.1, 0.15) is 88.2 Å². The van der Waals surface area contributed by atoms with Crippen LogP contribution in [0.15, 0.2) is 91.3 Å². The number of pyridine rings is 1. The number of nitriles is 1. The van der Waals surface area contributed by atoms with Gasteiger partial charge in [-0.25, -0.2) is 4.68 Å². The highest BCUT2D eigenvalue weighted by atomic mass is 16.5. The Balaban J connectivity index is 0.802. The van der Waals surface area contributed by atoms with E-state index in [1.807, 2.05) is 55.5 Å². The number of rotatable bonds is 15. The predicted molar refractivity (Wildman–Crippen MR) is 238 cm³/mol. The average molecular weight is 889 g/mol. The molecule has 6 amide bonds. The van der Waals surface area contributed by atoms with Crippen molar-refractivity contribution in [3.63, 3.8) is 0 Å². The van der Waals surface area contributed by atoms with Gasteiger partial charge in [0.2, 0.25) is 23.6 Å². The van der Waals surface area contributed by atoms with Crippen LogP contribution in [-0.2, 0) is 31.0 Å². The van der Waals surface area contributed by atoms with Gasteiger partial charge in [-0.15, -0.1) is 5.10 Å². The Kier molecular flexibility index (Phi) is 12.2. The first kappa shape index (κ1) is 43.7. The summed E-state index contributed by atoms with van der Waals surface area (Å²) in [4.78, 5) is 86.8. The van der Waals surface area contributed by atoms with Crippen molar-refractivity contribution in [1.29, 1.82) is 5.26 Å². The van der Waals surface area contributed by atoms with Gasteiger partial charge in [-0.2, -0.15) is 5.26 Å². The van der Waals surface area contributed by atoms with E-state index in [1.54, 1.807) is 41.3 Å². The normalized spacial score (nSPS) is 18.5. The SMILES string of the molecule is Cc1cccnc1C1(C(=O)NC(Cc2cn(-c3ccc(-c4ccc(C#N)cc4)cc3)nn2)C(=O)NC2CCN(CCCOc3cccc4c3C(=O)N(C3CCC(=O)NC3=O)C4=O)CC2)CC1. The molecule has 3 aromatic carbocycles. The van der Waals surface area contributed by atoms with Crippen molar-refractivity contribution >= 4 is 35.4 Å². The van der Waals surface area contributed by atoms with Crippen LogP contribution in [0, 0.1) is 18.3 Å². The first-order valence-electron chi connectivity index (χ1n) is 22.3. The fourth-order valence-corrected chi connectivity index (χ4v) is 9.14. The maximum Gasteiger partial charge on any atom is 0.266 e. The van der Waals surface area contributed by atoms with Gasteiger partial charge in [0.25, 0.3) is 11.8 Å². The lowest BCUT2D eigenvalue weighted by Crippen LogP contribution is -2.54. The third kappa shape index (κ3) is 8.91. The fraction of sp³-hybridized carbons (Fsp3) is 0.347. The molecular weight excluding hydrogens is 841 g/mol. The van der Waals surface area contributed by atoms with Crippen molar-refractivity contribution in [1.82, 2.24) is 45.7 Å². The summed E-state index contributed by atoms with van der Waals surface area (Å²) in [5, 5.41) is 26.4. The minimum atomic E-state index is -1.06. The topological polar surface area (TPSA) is 222 Å². The number of imide groups is 2. The molecular formula is C49H48N10O7. The summed E-state index contributed by atoms with van der Waals surface area (Å²) in [5.74, 6) is -2.58. The summed E-state index contributed by atoms with van der Waals surface area (Å²) < 4.78 is 7.68. The van der Waals surface area contributed by atoms with E-state index in [0.29, 0.717) is 49.9 Å². The van der Waals surface area contributed by atoms with E-state index < -0.39 is 41.1 Å². The lowest BCUT2D eigenvalue weighted by Gasteiger charge is -2.33. The Bertz CT molecular complexity index is 2750. The van der Waals surface area contributed by atoms with Gasteiger partial charge in [-0.3, -0.25) is 44.0 Å². The molecule has 1 aliphatic carbocycles. The van der Waals surface area contributed by atoms with Gasteiger partial charge in [0, 0.05) is 44.7 Å². The standard InChI is InChI=1S/C49H48N10O7/c1-30-5-3-22-51-43(30)49(20-21-49)48(65)53-38(27-35-29-58(56-55-35)36-14-12-33(13-15-36)32-10-8-31(28-50)9-11-32)44(61)52-34-18-24-57(25-19-34)23-4-26-66-40-7-2-6-37-42(40)47(64)59(46(37)63)39-16-17-41(60)54-45(39)62/h2-3,5-15,22,29,34,38-39H,4,16-21,23-27H2,1H3,(H,52,61)(H,53,65)(H,54,60,62). The number of piperidine rings is 2. The molecule has 2 atom stereocenters. The van der Waals surface area contributed by atoms with Crippen LogP contribution in [0.4, 0.5) is 0 Å². The highest BCUT2D eigenvalue weighted by molar-refractivity contribution is 6.24. The largest absolute Gasteiger partial charge is 0.493 e. The summed E-state index contributed by atoms with van der Waals surface area (Å²) in [5.41, 5.74) is 4.98. The Morgan fingerprint density at radius 2 is 1.68 bits per heavy atom. The molecule has 9 rings (SSSR count). The van der Waals surface area contributed by atoms with E-state index >= 15 is 0 Å². The van der Waals surface area contributed by atoms with Crippen LogP contribution in [0.3, 0.4) is 0 Å². The van der Waals surface area contributed by atoms with Crippen LogP contribution >= 0.6 is 0 Å². The maximum atomic E-state index is 14.2. The van der Waals surface area contributed by atoms with E-state index in [-0.39, 0.29) is 60.6 Å². The molecule has 2 saturated heterocycles. The summed E-state index contributed by atoms with van der Waals surface area (Å²) in [6.45, 7) is 4.36. The molecule has 0 bridgehead atoms. The van der Waals surface area contributed by atoms with Gasteiger partial charge in [-0.05, 0) is 105 Å². The van der Waals surface area contributed by atoms with Crippen molar-refractivity contribution in [3.05, 3.63) is 125 Å². The number of hydrogen-bond donors (Lipinski definition) is 3. The molecule has 0 spiro atoms. The monoisotopic (exact) mass is 888 g/mol. The molecule has 336 valence electrons. The molecule has 5 heterocycles. The number of nitrogens with zero attached hydrogens (tertiary/aromatic N) is 7. The molecule has 66 heavy (non-hydrogen) atoms. The second kappa shape index (κ2) is 18.5. The predicted octanol–water partition coefficient (Wildman–Crippen LogP) is 3.72. The molecule has 17 heteroatoms. The van der Waals surface area contributed by atoms with E-state index in [4.69, 9.17) is 10.00 Å². The molecule has 3 fully saturated rings. The van der Waals surface area contributed by atoms with Crippen molar-refractivity contribution in [2.45, 2.75) is 81.8 Å². The van der Waals surface area contributed by atoms with E-state index in [2.05, 4.69) is 42.2 Å². The molecule has 3 aliphatic heterocycles. The number of fused-ring (bicyclic) bond motifs is 1. The van der Waals surface area contributed by atoms with E-state index in [0.717, 1.165) is 46.1 Å². The number of hydrogen-bond acceptors (Lipinski definition) is 12. The van der Waals surface area contributed by atoms with Crippen LogP contribution in [0.25, 0.3) is 16.8 Å². The molecule has 0 radical (unpaired) electrons. The molecule has 17 nitrogen and oxygen atoms in total. The van der Waals surface area contributed by atoms with Crippen molar-refractivity contribution in [2.75, 3.05) is 26.2 Å². The third-order valence-electron chi connectivity index (χ3n) is 12.9. The van der Waals surface area contributed by atoms with E-state index in [1.165, 1.54) is 6.07 Å². The van der Waals surface area contributed by atoms with Crippen LogP contribution in [0.2, 0.25) is 0 Å². The van der Waals surface area contributed by atoms with Crippen LogP contribution < -0.4 is 20.7 Å². The third-order valence-corrected chi connectivity index (χ3v) is 12.9. The Hall–Kier alpha value is -7.58. The van der Waals surface area contributed by atoms with Gasteiger partial charge < -0.3 is 20.3 Å². The molecule has 3 N–H and O–H groups in total. The Morgan fingerprint density at radius 3 is 2.38 bits per heavy atom. The maximum absolute atomic E-state index is 14.2. The number of amides is 6. The molecule has 2 unspecified atom stereocenters. The molecule has 4 aliphatic rings. The summed E-state index contributed by atoms with van der Waals surface area (Å²) in [6, 6.07) is 23.8. The van der Waals surface area contributed by atoms with Gasteiger partial charge in [-0.1, -0.05) is 41.6 Å². The molecule has 2 aromatic heterocycles. The van der Waals surface area contributed by atoms with Gasteiger partial charge in [0.1, 0.15) is 17.8 Å². The van der Waals surface area contributed by atoms with Gasteiger partial charge in [0.15, 0.2) is 0 Å². The zero-order valence-electron chi connectivity index (χ0n) is 36.4. The summed E-state index contributed by atoms with van der Waals surface area (Å²) in [7, 11) is 0. The Labute approximate surface area is 380 Å². The fourth-order valence-electron chi connectivity index (χ4n) is 9.14. The number of nitrogens with one attached hydrogen (secondary N) is 3. The van der Waals surface area contributed by atoms with Crippen LogP contribution in [0.5, 0.6) is 5.75 Å². The van der Waals surface area contributed by atoms with Crippen LogP contribution in [-0.4, -0.2) is 110 Å². The molecule has 5 aromatic rings.